The number of carbonyl (C=O) groups is 1. The van der Waals surface area contributed by atoms with Gasteiger partial charge in [0.25, 0.3) is 0 Å². The molecule has 0 saturated carbocycles. The highest BCUT2D eigenvalue weighted by molar-refractivity contribution is 5.97. The Kier molecular flexibility index (Phi) is 9.61. The van der Waals surface area contributed by atoms with Crippen LogP contribution >= 0.6 is 0 Å². The van der Waals surface area contributed by atoms with Crippen LogP contribution in [0.1, 0.15) is 63.6 Å². The maximum atomic E-state index is 13.0. The van der Waals surface area contributed by atoms with Crippen LogP contribution in [0.15, 0.2) is 89.3 Å². The molecule has 0 bridgehead atoms. The molecule has 0 amide bonds. The number of benzene rings is 1. The Labute approximate surface area is 204 Å². The average Bonchev–Trinajstić information content (AvgIpc) is 2.92. The Hall–Kier alpha value is -3.40. The van der Waals surface area contributed by atoms with Gasteiger partial charge >= 0.3 is 0 Å². The molecule has 0 radical (unpaired) electrons. The molecule has 0 saturated heterocycles. The van der Waals surface area contributed by atoms with E-state index in [0.29, 0.717) is 30.1 Å². The minimum atomic E-state index is -0.372. The number of ketones is 1. The first-order valence-corrected chi connectivity index (χ1v) is 11.7. The second-order valence-corrected chi connectivity index (χ2v) is 8.54. The third-order valence-corrected chi connectivity index (χ3v) is 5.70. The second kappa shape index (κ2) is 12.2. The largest absolute Gasteiger partial charge is 0.493 e. The van der Waals surface area contributed by atoms with E-state index >= 15 is 0 Å². The molecule has 1 N–H and O–H groups in total. The number of carbonyl (C=O) groups excluding carboxylic acids is 1. The fourth-order valence-corrected chi connectivity index (χ4v) is 4.17. The van der Waals surface area contributed by atoms with Gasteiger partial charge in [0.15, 0.2) is 5.78 Å². The molecule has 4 nitrogen and oxygen atoms in total. The fourth-order valence-electron chi connectivity index (χ4n) is 4.17. The van der Waals surface area contributed by atoms with Gasteiger partial charge in [-0.2, -0.15) is 0 Å². The second-order valence-electron chi connectivity index (χ2n) is 8.54. The molecule has 0 spiro atoms. The van der Waals surface area contributed by atoms with Crippen molar-refractivity contribution in [2.24, 2.45) is 0 Å². The van der Waals surface area contributed by atoms with Crippen molar-refractivity contribution in [3.05, 3.63) is 106 Å². The molecule has 180 valence electrons. The maximum absolute atomic E-state index is 13.0. The summed E-state index contributed by atoms with van der Waals surface area (Å²) in [6.45, 7) is 20.5. The van der Waals surface area contributed by atoms with Gasteiger partial charge in [0.1, 0.15) is 5.76 Å². The molecule has 2 rings (SSSR count). The number of Topliss-reactive ketones (excluding diaryl/α,β-unsaturated/α-hetero) is 1. The smallest absolute Gasteiger partial charge is 0.213 e. The van der Waals surface area contributed by atoms with Crippen LogP contribution in [0.4, 0.5) is 0 Å². The van der Waals surface area contributed by atoms with E-state index in [2.05, 4.69) is 26.2 Å². The topological polar surface area (TPSA) is 59.4 Å². The summed E-state index contributed by atoms with van der Waals surface area (Å²) in [5.74, 6) is 0.455. The molecule has 0 aliphatic heterocycles. The van der Waals surface area contributed by atoms with Gasteiger partial charge in [-0.15, -0.1) is 0 Å². The summed E-state index contributed by atoms with van der Waals surface area (Å²) in [5, 5.41) is 8.18. The van der Waals surface area contributed by atoms with Crippen molar-refractivity contribution in [3.63, 3.8) is 0 Å². The number of ether oxygens (including phenoxy) is 2. The third-order valence-electron chi connectivity index (χ3n) is 5.70. The van der Waals surface area contributed by atoms with E-state index in [1.807, 2.05) is 58.0 Å². The first-order chi connectivity index (χ1) is 16.1. The molecular formula is C30H37NO3. The van der Waals surface area contributed by atoms with Crippen LogP contribution in [0.25, 0.3) is 0 Å². The van der Waals surface area contributed by atoms with Crippen LogP contribution in [0, 0.1) is 12.3 Å². The molecule has 1 aromatic carbocycles. The average molecular weight is 460 g/mol. The number of allylic oxidation sites excluding steroid dienone is 9. The summed E-state index contributed by atoms with van der Waals surface area (Å²) in [7, 11) is 0. The monoisotopic (exact) mass is 459 g/mol. The van der Waals surface area contributed by atoms with E-state index in [9.17, 15) is 4.79 Å². The minimum Gasteiger partial charge on any atom is -0.493 e. The van der Waals surface area contributed by atoms with Crippen LogP contribution in [-0.2, 0) is 14.3 Å². The number of aryl methyl sites for hydroxylation is 1. The van der Waals surface area contributed by atoms with Crippen molar-refractivity contribution in [1.29, 1.82) is 5.41 Å². The van der Waals surface area contributed by atoms with Crippen LogP contribution in [0.2, 0.25) is 0 Å². The molecule has 0 aromatic heterocycles. The lowest BCUT2D eigenvalue weighted by molar-refractivity contribution is -0.113. The van der Waals surface area contributed by atoms with Gasteiger partial charge in [0.05, 0.1) is 13.2 Å². The number of nitrogens with one attached hydrogen (secondary N) is 1. The number of hydrogen-bond acceptors (Lipinski definition) is 4. The van der Waals surface area contributed by atoms with E-state index in [0.717, 1.165) is 39.8 Å². The molecule has 1 aliphatic carbocycles. The van der Waals surface area contributed by atoms with Gasteiger partial charge in [0.2, 0.25) is 5.90 Å². The Morgan fingerprint density at radius 2 is 1.85 bits per heavy atom. The Morgan fingerprint density at radius 1 is 1.15 bits per heavy atom. The summed E-state index contributed by atoms with van der Waals surface area (Å²) in [6, 6.07) is 5.80. The molecule has 34 heavy (non-hydrogen) atoms. The van der Waals surface area contributed by atoms with E-state index in [-0.39, 0.29) is 17.6 Å². The summed E-state index contributed by atoms with van der Waals surface area (Å²) < 4.78 is 11.6. The lowest BCUT2D eigenvalue weighted by Crippen LogP contribution is -2.18. The lowest BCUT2D eigenvalue weighted by atomic mass is 9.77. The molecule has 1 aliphatic rings. The molecule has 0 heterocycles. The summed E-state index contributed by atoms with van der Waals surface area (Å²) >= 11 is 0. The molecule has 0 fully saturated rings. The van der Waals surface area contributed by atoms with E-state index in [4.69, 9.17) is 14.9 Å². The predicted octanol–water partition coefficient (Wildman–Crippen LogP) is 7.28. The van der Waals surface area contributed by atoms with Crippen LogP contribution < -0.4 is 0 Å². The van der Waals surface area contributed by atoms with Gasteiger partial charge in [-0.05, 0) is 81.5 Å². The number of hydrogen-bond donors (Lipinski definition) is 1. The zero-order valence-electron chi connectivity index (χ0n) is 21.4. The Balaban J connectivity index is 2.85. The Bertz CT molecular complexity index is 1110. The molecule has 4 heteroatoms. The fraction of sp³-hybridized carbons (Fsp3) is 0.333. The van der Waals surface area contributed by atoms with Crippen LogP contribution in [0.5, 0.6) is 0 Å². The predicted molar refractivity (Wildman–Crippen MR) is 141 cm³/mol. The normalized spacial score (nSPS) is 15.2. The van der Waals surface area contributed by atoms with Gasteiger partial charge < -0.3 is 9.47 Å². The van der Waals surface area contributed by atoms with Crippen molar-refractivity contribution in [3.8, 4) is 0 Å². The van der Waals surface area contributed by atoms with Gasteiger partial charge in [0, 0.05) is 22.6 Å². The van der Waals surface area contributed by atoms with E-state index in [1.54, 1.807) is 13.0 Å². The first-order valence-electron chi connectivity index (χ1n) is 11.7. The van der Waals surface area contributed by atoms with Crippen LogP contribution in [0.3, 0.4) is 0 Å². The zero-order valence-corrected chi connectivity index (χ0v) is 21.4. The summed E-state index contributed by atoms with van der Waals surface area (Å²) in [4.78, 5) is 13.0. The van der Waals surface area contributed by atoms with E-state index in [1.165, 1.54) is 0 Å². The highest BCUT2D eigenvalue weighted by Crippen LogP contribution is 2.42. The standard InChI is InChI=1S/C30H37NO3/c1-9-14-34-27-17-20(5)15-19(4)16-26(27)29(28(23(8)32)21(6)10-2)25-13-12-24(18-22(25)7)30(31)33-11-3/h10,12-13,15-18,29,31H,2,5,9,11,14H2,1,3-4,6-8H3/b28-21-,31-30?. The minimum absolute atomic E-state index is 0.0200. The maximum Gasteiger partial charge on any atom is 0.213 e. The van der Waals surface area contributed by atoms with E-state index < -0.39 is 0 Å². The number of rotatable bonds is 10. The van der Waals surface area contributed by atoms with Crippen molar-refractivity contribution < 1.29 is 14.3 Å². The van der Waals surface area contributed by atoms with Crippen molar-refractivity contribution in [2.45, 2.75) is 53.9 Å². The van der Waals surface area contributed by atoms with Crippen molar-refractivity contribution in [2.75, 3.05) is 13.2 Å². The first kappa shape index (κ1) is 26.8. The van der Waals surface area contributed by atoms with Gasteiger partial charge in [-0.1, -0.05) is 49.9 Å². The van der Waals surface area contributed by atoms with Gasteiger partial charge in [-0.3, -0.25) is 10.2 Å². The summed E-state index contributed by atoms with van der Waals surface area (Å²) in [5.41, 5.74) is 6.91. The third kappa shape index (κ3) is 6.34. The Morgan fingerprint density at radius 3 is 2.41 bits per heavy atom. The molecular weight excluding hydrogens is 422 g/mol. The highest BCUT2D eigenvalue weighted by Gasteiger charge is 2.30. The van der Waals surface area contributed by atoms with Gasteiger partial charge in [-0.25, -0.2) is 0 Å². The highest BCUT2D eigenvalue weighted by atomic mass is 16.5. The van der Waals surface area contributed by atoms with Crippen LogP contribution in [-0.4, -0.2) is 24.9 Å². The molecule has 1 unspecified atom stereocenters. The van der Waals surface area contributed by atoms with Crippen molar-refractivity contribution >= 4 is 11.7 Å². The zero-order chi connectivity index (χ0) is 25.4. The van der Waals surface area contributed by atoms with Crippen molar-refractivity contribution in [1.82, 2.24) is 0 Å². The molecule has 1 atom stereocenters. The summed E-state index contributed by atoms with van der Waals surface area (Å²) in [6.07, 6.45) is 8.63. The quantitative estimate of drug-likeness (QED) is 0.173. The lowest BCUT2D eigenvalue weighted by Gasteiger charge is -2.27. The molecule has 1 aromatic rings. The SMILES string of the molecule is C=C/C(C)=C(/C(C)=O)C(C1=CC(C)=CC(=C)C=C1OCCC)c1ccc(C(=N)OCC)cc1C.